The molecule has 0 bridgehead atoms. The van der Waals surface area contributed by atoms with Crippen molar-refractivity contribution in [2.75, 3.05) is 0 Å². The smallest absolute Gasteiger partial charge is 0.119 e. The number of aromatic hydroxyl groups is 2. The average Bonchev–Trinajstić information content (AvgIpc) is 3.21. The van der Waals surface area contributed by atoms with Gasteiger partial charge in [0.25, 0.3) is 0 Å². The number of hydrogen-bond acceptors (Lipinski definition) is 2. The Bertz CT molecular complexity index is 1740. The molecule has 6 aromatic rings. The molecule has 2 nitrogen and oxygen atoms in total. The van der Waals surface area contributed by atoms with Gasteiger partial charge in [-0.1, -0.05) is 72.8 Å². The minimum atomic E-state index is -0.507. The quantitative estimate of drug-likeness (QED) is 0.262. The first-order valence-electron chi connectivity index (χ1n) is 12.6. The number of rotatable bonds is 2. The number of phenols is 2. The van der Waals surface area contributed by atoms with Gasteiger partial charge in [-0.3, -0.25) is 0 Å². The van der Waals surface area contributed by atoms with Gasteiger partial charge >= 0.3 is 0 Å². The van der Waals surface area contributed by atoms with Crippen molar-refractivity contribution < 1.29 is 10.2 Å². The van der Waals surface area contributed by atoms with Crippen molar-refractivity contribution in [2.45, 2.75) is 19.3 Å². The number of aryl methyl sites for hydroxylation is 2. The summed E-state index contributed by atoms with van der Waals surface area (Å²) in [7, 11) is 0. The van der Waals surface area contributed by atoms with Gasteiger partial charge in [0.15, 0.2) is 0 Å². The zero-order valence-corrected chi connectivity index (χ0v) is 20.8. The Hall–Kier alpha value is -4.56. The minimum absolute atomic E-state index is 0.319. The summed E-state index contributed by atoms with van der Waals surface area (Å²) >= 11 is 0. The highest BCUT2D eigenvalue weighted by Crippen LogP contribution is 2.56. The largest absolute Gasteiger partial charge is 0.508 e. The Labute approximate surface area is 216 Å². The van der Waals surface area contributed by atoms with Crippen molar-refractivity contribution >= 4 is 21.5 Å². The molecule has 1 aliphatic rings. The Balaban J connectivity index is 1.62. The number of fused-ring (bicyclic) bond motifs is 5. The van der Waals surface area contributed by atoms with Crippen LogP contribution in [0, 0.1) is 13.8 Å². The summed E-state index contributed by atoms with van der Waals surface area (Å²) in [5.41, 5.74) is 8.65. The second kappa shape index (κ2) is 7.72. The topological polar surface area (TPSA) is 40.5 Å². The normalized spacial score (nSPS) is 13.6. The van der Waals surface area contributed by atoms with Crippen LogP contribution in [-0.4, -0.2) is 10.2 Å². The van der Waals surface area contributed by atoms with Gasteiger partial charge in [0.2, 0.25) is 0 Å². The third kappa shape index (κ3) is 2.99. The molecule has 0 spiro atoms. The molecule has 37 heavy (non-hydrogen) atoms. The van der Waals surface area contributed by atoms with Gasteiger partial charge in [0, 0.05) is 0 Å². The zero-order valence-electron chi connectivity index (χ0n) is 20.8. The summed E-state index contributed by atoms with van der Waals surface area (Å²) in [6, 6.07) is 38.5. The molecule has 0 amide bonds. The SMILES string of the molecule is Cc1cc2cc(C3(c4ccc5cc(O)c(C)cc5c4)c4ccccc4-c4ccccc43)ccc2cc1O. The van der Waals surface area contributed by atoms with Crippen LogP contribution in [-0.2, 0) is 5.41 Å². The van der Waals surface area contributed by atoms with Gasteiger partial charge in [0.1, 0.15) is 11.5 Å². The zero-order chi connectivity index (χ0) is 25.3. The average molecular weight is 479 g/mol. The van der Waals surface area contributed by atoms with Crippen LogP contribution in [0.4, 0.5) is 0 Å². The summed E-state index contributed by atoms with van der Waals surface area (Å²) in [4.78, 5) is 0. The minimum Gasteiger partial charge on any atom is -0.508 e. The van der Waals surface area contributed by atoms with E-state index in [0.717, 1.165) is 32.7 Å². The molecule has 0 saturated carbocycles. The van der Waals surface area contributed by atoms with Crippen LogP contribution < -0.4 is 0 Å². The number of phenolic OH excluding ortho intramolecular Hbond substituents is 2. The summed E-state index contributed by atoms with van der Waals surface area (Å²) < 4.78 is 0. The van der Waals surface area contributed by atoms with E-state index < -0.39 is 5.41 Å². The Morgan fingerprint density at radius 2 is 0.892 bits per heavy atom. The van der Waals surface area contributed by atoms with E-state index in [4.69, 9.17) is 0 Å². The van der Waals surface area contributed by atoms with Crippen LogP contribution in [0.15, 0.2) is 109 Å². The van der Waals surface area contributed by atoms with Gasteiger partial charge in [-0.15, -0.1) is 0 Å². The molecule has 2 N–H and O–H groups in total. The van der Waals surface area contributed by atoms with E-state index in [-0.39, 0.29) is 0 Å². The molecule has 178 valence electrons. The summed E-state index contributed by atoms with van der Waals surface area (Å²) in [5.74, 6) is 0.638. The first kappa shape index (κ1) is 21.7. The van der Waals surface area contributed by atoms with Crippen molar-refractivity contribution in [3.63, 3.8) is 0 Å². The fourth-order valence-corrected chi connectivity index (χ4v) is 6.29. The van der Waals surface area contributed by atoms with Gasteiger partial charge in [-0.25, -0.2) is 0 Å². The van der Waals surface area contributed by atoms with E-state index in [1.54, 1.807) is 0 Å². The highest BCUT2D eigenvalue weighted by atomic mass is 16.3. The van der Waals surface area contributed by atoms with Crippen LogP contribution in [0.25, 0.3) is 32.7 Å². The summed E-state index contributed by atoms with van der Waals surface area (Å²) in [6.07, 6.45) is 0. The Kier molecular flexibility index (Phi) is 4.53. The molecule has 0 aromatic heterocycles. The molecule has 0 atom stereocenters. The lowest BCUT2D eigenvalue weighted by Gasteiger charge is -2.34. The van der Waals surface area contributed by atoms with E-state index in [9.17, 15) is 10.2 Å². The van der Waals surface area contributed by atoms with Gasteiger partial charge < -0.3 is 10.2 Å². The molecule has 0 fully saturated rings. The maximum Gasteiger partial charge on any atom is 0.119 e. The van der Waals surface area contributed by atoms with E-state index in [1.807, 2.05) is 26.0 Å². The van der Waals surface area contributed by atoms with Crippen LogP contribution in [0.3, 0.4) is 0 Å². The monoisotopic (exact) mass is 478 g/mol. The molecule has 0 aliphatic heterocycles. The Morgan fingerprint density at radius 1 is 0.459 bits per heavy atom. The lowest BCUT2D eigenvalue weighted by molar-refractivity contribution is 0.471. The molecule has 0 heterocycles. The highest BCUT2D eigenvalue weighted by Gasteiger charge is 2.46. The standard InChI is InChI=1S/C35H26O2/c1-21-15-25-17-27(13-11-23(25)19-33(21)36)35(28-14-12-24-20-34(37)22(2)16-26(24)18-28)31-9-5-3-7-29(31)30-8-4-6-10-32(30)35/h3-20,36-37H,1-2H3. The predicted molar refractivity (Wildman–Crippen MR) is 152 cm³/mol. The molecule has 1 aliphatic carbocycles. The van der Waals surface area contributed by atoms with Crippen molar-refractivity contribution in [3.05, 3.63) is 143 Å². The molecular weight excluding hydrogens is 452 g/mol. The van der Waals surface area contributed by atoms with Crippen molar-refractivity contribution in [1.29, 1.82) is 0 Å². The maximum atomic E-state index is 10.3. The number of benzene rings is 6. The first-order valence-corrected chi connectivity index (χ1v) is 12.6. The van der Waals surface area contributed by atoms with Gasteiger partial charge in [-0.2, -0.15) is 0 Å². The fraction of sp³-hybridized carbons (Fsp3) is 0.0857. The van der Waals surface area contributed by atoms with Gasteiger partial charge in [-0.05, 0) is 116 Å². The van der Waals surface area contributed by atoms with Crippen LogP contribution >= 0.6 is 0 Å². The van der Waals surface area contributed by atoms with E-state index in [0.29, 0.717) is 11.5 Å². The molecule has 6 aromatic carbocycles. The fourth-order valence-electron chi connectivity index (χ4n) is 6.29. The molecule has 0 radical (unpaired) electrons. The highest BCUT2D eigenvalue weighted by molar-refractivity contribution is 5.92. The molecular formula is C35H26O2. The Morgan fingerprint density at radius 3 is 1.35 bits per heavy atom. The molecule has 0 saturated heterocycles. The second-order valence-corrected chi connectivity index (χ2v) is 10.2. The first-order chi connectivity index (χ1) is 18.0. The molecule has 7 rings (SSSR count). The van der Waals surface area contributed by atoms with E-state index in [2.05, 4.69) is 97.1 Å². The van der Waals surface area contributed by atoms with Crippen molar-refractivity contribution in [1.82, 2.24) is 0 Å². The van der Waals surface area contributed by atoms with Gasteiger partial charge in [0.05, 0.1) is 5.41 Å². The predicted octanol–water partition coefficient (Wildman–Crippen LogP) is 8.38. The van der Waals surface area contributed by atoms with Crippen molar-refractivity contribution in [3.8, 4) is 22.6 Å². The number of hydrogen-bond donors (Lipinski definition) is 2. The molecule has 0 unspecified atom stereocenters. The van der Waals surface area contributed by atoms with E-state index >= 15 is 0 Å². The third-order valence-corrected chi connectivity index (χ3v) is 8.13. The van der Waals surface area contributed by atoms with Crippen LogP contribution in [0.2, 0.25) is 0 Å². The summed E-state index contributed by atoms with van der Waals surface area (Å²) in [5, 5.41) is 24.9. The summed E-state index contributed by atoms with van der Waals surface area (Å²) in [6.45, 7) is 3.89. The third-order valence-electron chi connectivity index (χ3n) is 8.13. The van der Waals surface area contributed by atoms with Crippen LogP contribution in [0.1, 0.15) is 33.4 Å². The second-order valence-electron chi connectivity index (χ2n) is 10.2. The van der Waals surface area contributed by atoms with Crippen LogP contribution in [0.5, 0.6) is 11.5 Å². The molecule has 2 heteroatoms. The maximum absolute atomic E-state index is 10.3. The van der Waals surface area contributed by atoms with Crippen molar-refractivity contribution in [2.24, 2.45) is 0 Å². The lowest BCUT2D eigenvalue weighted by Crippen LogP contribution is -2.28. The lowest BCUT2D eigenvalue weighted by atomic mass is 9.67. The van der Waals surface area contributed by atoms with E-state index in [1.165, 1.54) is 33.4 Å².